The fourth-order valence-electron chi connectivity index (χ4n) is 1.60. The first-order valence-electron chi connectivity index (χ1n) is 5.25. The maximum absolute atomic E-state index is 4.31. The first-order valence-corrected chi connectivity index (χ1v) is 6.29. The highest BCUT2D eigenvalue weighted by molar-refractivity contribution is 8.00. The number of nitrogens with one attached hydrogen (secondary N) is 2. The zero-order chi connectivity index (χ0) is 10.5. The van der Waals surface area contributed by atoms with E-state index < -0.39 is 0 Å². The minimum Gasteiger partial charge on any atom is -0.369 e. The van der Waals surface area contributed by atoms with Crippen molar-refractivity contribution in [3.63, 3.8) is 0 Å². The molecule has 1 aromatic heterocycles. The Hall–Kier alpha value is -0.970. The fourth-order valence-corrected chi connectivity index (χ4v) is 2.80. The van der Waals surface area contributed by atoms with Gasteiger partial charge in [-0.1, -0.05) is 0 Å². The Labute approximate surface area is 94.3 Å². The Morgan fingerprint density at radius 2 is 2.53 bits per heavy atom. The lowest BCUT2D eigenvalue weighted by molar-refractivity contribution is 0.803. The maximum Gasteiger partial charge on any atom is 0.224 e. The third-order valence-corrected chi connectivity index (χ3v) is 3.81. The van der Waals surface area contributed by atoms with Crippen molar-refractivity contribution in [3.8, 4) is 0 Å². The van der Waals surface area contributed by atoms with E-state index in [1.165, 1.54) is 18.6 Å². The molecule has 1 unspecified atom stereocenters. The van der Waals surface area contributed by atoms with E-state index >= 15 is 0 Å². The molecule has 0 aliphatic carbocycles. The van der Waals surface area contributed by atoms with Crippen LogP contribution >= 0.6 is 11.8 Å². The first kappa shape index (κ1) is 10.5. The Kier molecular flexibility index (Phi) is 3.66. The van der Waals surface area contributed by atoms with E-state index in [0.717, 1.165) is 17.6 Å². The molecule has 82 valence electrons. The molecule has 1 aliphatic heterocycles. The molecule has 0 amide bonds. The van der Waals surface area contributed by atoms with Crippen LogP contribution < -0.4 is 10.6 Å². The van der Waals surface area contributed by atoms with Crippen molar-refractivity contribution in [1.29, 1.82) is 0 Å². The van der Waals surface area contributed by atoms with Crippen molar-refractivity contribution in [1.82, 2.24) is 9.97 Å². The molecule has 5 heteroatoms. The van der Waals surface area contributed by atoms with E-state index in [4.69, 9.17) is 0 Å². The van der Waals surface area contributed by atoms with Gasteiger partial charge in [-0.3, -0.25) is 0 Å². The molecule has 2 rings (SSSR count). The third-order valence-electron chi connectivity index (χ3n) is 2.41. The number of rotatable bonds is 4. The van der Waals surface area contributed by atoms with Crippen molar-refractivity contribution >= 4 is 23.5 Å². The second-order valence-electron chi connectivity index (χ2n) is 3.53. The Balaban J connectivity index is 1.86. The van der Waals surface area contributed by atoms with Gasteiger partial charge in [0.1, 0.15) is 5.82 Å². The molecular weight excluding hydrogens is 208 g/mol. The minimum absolute atomic E-state index is 0.666. The van der Waals surface area contributed by atoms with Gasteiger partial charge in [0, 0.05) is 25.0 Å². The summed E-state index contributed by atoms with van der Waals surface area (Å²) in [6, 6.07) is 1.90. The molecule has 0 radical (unpaired) electrons. The van der Waals surface area contributed by atoms with Crippen molar-refractivity contribution in [2.24, 2.45) is 0 Å². The normalized spacial score (nSPS) is 20.2. The van der Waals surface area contributed by atoms with Gasteiger partial charge in [-0.2, -0.15) is 16.7 Å². The maximum atomic E-state index is 4.31. The van der Waals surface area contributed by atoms with Crippen molar-refractivity contribution in [3.05, 3.63) is 12.3 Å². The van der Waals surface area contributed by atoms with Gasteiger partial charge in [-0.25, -0.2) is 4.98 Å². The molecule has 15 heavy (non-hydrogen) atoms. The summed E-state index contributed by atoms with van der Waals surface area (Å²) >= 11 is 2.05. The molecular formula is C10H16N4S. The van der Waals surface area contributed by atoms with Crippen LogP contribution in [-0.4, -0.2) is 34.6 Å². The van der Waals surface area contributed by atoms with Gasteiger partial charge in [0.15, 0.2) is 0 Å². The highest BCUT2D eigenvalue weighted by Crippen LogP contribution is 2.26. The smallest absolute Gasteiger partial charge is 0.224 e. The van der Waals surface area contributed by atoms with Crippen LogP contribution in [0.5, 0.6) is 0 Å². The molecule has 1 saturated heterocycles. The van der Waals surface area contributed by atoms with Gasteiger partial charge in [-0.05, 0) is 24.7 Å². The van der Waals surface area contributed by atoms with E-state index in [1.54, 1.807) is 6.20 Å². The van der Waals surface area contributed by atoms with Crippen molar-refractivity contribution in [2.75, 3.05) is 30.0 Å². The average molecular weight is 224 g/mol. The molecule has 4 nitrogen and oxygen atoms in total. The molecule has 0 spiro atoms. The first-order chi connectivity index (χ1) is 7.38. The van der Waals surface area contributed by atoms with Gasteiger partial charge in [0.05, 0.1) is 0 Å². The van der Waals surface area contributed by atoms with Crippen LogP contribution in [0.4, 0.5) is 11.8 Å². The van der Waals surface area contributed by atoms with E-state index in [2.05, 4.69) is 32.4 Å². The summed E-state index contributed by atoms with van der Waals surface area (Å²) in [5.41, 5.74) is 0. The molecule has 0 saturated carbocycles. The summed E-state index contributed by atoms with van der Waals surface area (Å²) in [7, 11) is 1.83. The van der Waals surface area contributed by atoms with Crippen LogP contribution in [0.25, 0.3) is 0 Å². The van der Waals surface area contributed by atoms with Crippen LogP contribution in [0.3, 0.4) is 0 Å². The molecule has 0 bridgehead atoms. The highest BCUT2D eigenvalue weighted by Gasteiger charge is 2.14. The van der Waals surface area contributed by atoms with Gasteiger partial charge in [0.25, 0.3) is 0 Å². The number of nitrogens with zero attached hydrogens (tertiary/aromatic N) is 2. The lowest BCUT2D eigenvalue weighted by Crippen LogP contribution is -2.14. The molecule has 2 heterocycles. The number of thioether (sulfide) groups is 1. The van der Waals surface area contributed by atoms with Crippen LogP contribution in [0.2, 0.25) is 0 Å². The summed E-state index contributed by atoms with van der Waals surface area (Å²) in [4.78, 5) is 8.38. The summed E-state index contributed by atoms with van der Waals surface area (Å²) in [5.74, 6) is 2.87. The molecule has 1 fully saturated rings. The highest BCUT2D eigenvalue weighted by atomic mass is 32.2. The SMILES string of the molecule is CNc1nccc(NCC2CCCS2)n1. The lowest BCUT2D eigenvalue weighted by Gasteiger charge is -2.10. The number of hydrogen-bond acceptors (Lipinski definition) is 5. The van der Waals surface area contributed by atoms with Crippen molar-refractivity contribution in [2.45, 2.75) is 18.1 Å². The molecule has 1 aromatic rings. The summed E-state index contributed by atoms with van der Waals surface area (Å²) in [6.45, 7) is 1.00. The van der Waals surface area contributed by atoms with Crippen LogP contribution in [0.15, 0.2) is 12.3 Å². The van der Waals surface area contributed by atoms with E-state index in [1.807, 2.05) is 13.1 Å². The lowest BCUT2D eigenvalue weighted by atomic mass is 10.2. The summed E-state index contributed by atoms with van der Waals surface area (Å²) in [6.07, 6.45) is 4.44. The largest absolute Gasteiger partial charge is 0.369 e. The molecule has 2 N–H and O–H groups in total. The fraction of sp³-hybridized carbons (Fsp3) is 0.600. The van der Waals surface area contributed by atoms with E-state index in [9.17, 15) is 0 Å². The van der Waals surface area contributed by atoms with E-state index in [0.29, 0.717) is 5.95 Å². The minimum atomic E-state index is 0.666. The van der Waals surface area contributed by atoms with Crippen molar-refractivity contribution < 1.29 is 0 Å². The summed E-state index contributed by atoms with van der Waals surface area (Å²) in [5, 5.41) is 7.03. The summed E-state index contributed by atoms with van der Waals surface area (Å²) < 4.78 is 0. The molecule has 1 aliphatic rings. The topological polar surface area (TPSA) is 49.8 Å². The van der Waals surface area contributed by atoms with Gasteiger partial charge >= 0.3 is 0 Å². The zero-order valence-electron chi connectivity index (χ0n) is 8.86. The second kappa shape index (κ2) is 5.21. The van der Waals surface area contributed by atoms with Crippen LogP contribution in [0, 0.1) is 0 Å². The zero-order valence-corrected chi connectivity index (χ0v) is 9.68. The molecule has 1 atom stereocenters. The Morgan fingerprint density at radius 3 is 3.27 bits per heavy atom. The number of anilines is 2. The monoisotopic (exact) mass is 224 g/mol. The predicted molar refractivity (Wildman–Crippen MR) is 65.5 cm³/mol. The third kappa shape index (κ3) is 2.99. The quantitative estimate of drug-likeness (QED) is 0.817. The number of hydrogen-bond donors (Lipinski definition) is 2. The Morgan fingerprint density at radius 1 is 1.60 bits per heavy atom. The number of aromatic nitrogens is 2. The standard InChI is InChI=1S/C10H16N4S/c1-11-10-12-5-4-9(14-10)13-7-8-3-2-6-15-8/h4-5,8H,2-3,6-7H2,1H3,(H2,11,12,13,14). The van der Waals surface area contributed by atoms with Gasteiger partial charge in [-0.15, -0.1) is 0 Å². The van der Waals surface area contributed by atoms with Gasteiger partial charge in [0.2, 0.25) is 5.95 Å². The molecule has 0 aromatic carbocycles. The second-order valence-corrected chi connectivity index (χ2v) is 4.94. The van der Waals surface area contributed by atoms with Crippen LogP contribution in [0.1, 0.15) is 12.8 Å². The van der Waals surface area contributed by atoms with Gasteiger partial charge < -0.3 is 10.6 Å². The average Bonchev–Trinajstić information content (AvgIpc) is 2.79. The Bertz CT molecular complexity index is 312. The predicted octanol–water partition coefficient (Wildman–Crippen LogP) is 1.83. The van der Waals surface area contributed by atoms with Crippen LogP contribution in [-0.2, 0) is 0 Å². The van der Waals surface area contributed by atoms with E-state index in [-0.39, 0.29) is 0 Å².